The van der Waals surface area contributed by atoms with Crippen LogP contribution in [0.15, 0.2) is 47.4 Å². The zero-order valence-electron chi connectivity index (χ0n) is 16.3. The predicted octanol–water partition coefficient (Wildman–Crippen LogP) is 2.35. The second kappa shape index (κ2) is 8.38. The number of hydrogen-bond donors (Lipinski definition) is 1. The second-order valence-corrected chi connectivity index (χ2v) is 8.88. The van der Waals surface area contributed by atoms with Gasteiger partial charge >= 0.3 is 0 Å². The van der Waals surface area contributed by atoms with Crippen LogP contribution >= 0.6 is 0 Å². The topological polar surface area (TPSA) is 84.9 Å². The first-order valence-corrected chi connectivity index (χ1v) is 11.2. The Hall–Kier alpha value is -3.02. The van der Waals surface area contributed by atoms with Crippen molar-refractivity contribution in [3.8, 4) is 23.8 Å². The molecular weight excluding hydrogens is 404 g/mol. The van der Waals surface area contributed by atoms with Crippen LogP contribution in [0.5, 0.6) is 11.5 Å². The SMILES string of the molecule is C#CCNS(=O)(=O)c1ccc(C(=O)N2CCC[C@H]2c2ccc3c(c2)OCCO3)cc1. The second-order valence-electron chi connectivity index (χ2n) is 7.11. The lowest BCUT2D eigenvalue weighted by atomic mass is 10.0. The lowest BCUT2D eigenvalue weighted by molar-refractivity contribution is 0.0735. The van der Waals surface area contributed by atoms with Crippen molar-refractivity contribution < 1.29 is 22.7 Å². The van der Waals surface area contributed by atoms with Crippen LogP contribution in [-0.4, -0.2) is 45.5 Å². The van der Waals surface area contributed by atoms with Gasteiger partial charge in [-0.25, -0.2) is 8.42 Å². The van der Waals surface area contributed by atoms with Gasteiger partial charge in [0, 0.05) is 12.1 Å². The van der Waals surface area contributed by atoms with Gasteiger partial charge in [0.15, 0.2) is 11.5 Å². The molecule has 8 heteroatoms. The molecule has 0 saturated carbocycles. The van der Waals surface area contributed by atoms with Crippen molar-refractivity contribution in [2.75, 3.05) is 26.3 Å². The summed E-state index contributed by atoms with van der Waals surface area (Å²) in [5.74, 6) is 3.52. The number of terminal acetylenes is 1. The zero-order chi connectivity index (χ0) is 21.1. The highest BCUT2D eigenvalue weighted by atomic mass is 32.2. The first-order valence-electron chi connectivity index (χ1n) is 9.73. The molecule has 2 aliphatic rings. The summed E-state index contributed by atoms with van der Waals surface area (Å²) in [6.07, 6.45) is 6.86. The number of carbonyl (C=O) groups excluding carboxylic acids is 1. The molecule has 2 aromatic carbocycles. The summed E-state index contributed by atoms with van der Waals surface area (Å²) in [4.78, 5) is 15.0. The first kappa shape index (κ1) is 20.3. The van der Waals surface area contributed by atoms with Gasteiger partial charge < -0.3 is 14.4 Å². The molecule has 0 aromatic heterocycles. The third-order valence-corrected chi connectivity index (χ3v) is 6.66. The van der Waals surface area contributed by atoms with E-state index < -0.39 is 10.0 Å². The largest absolute Gasteiger partial charge is 0.486 e. The molecule has 7 nitrogen and oxygen atoms in total. The van der Waals surface area contributed by atoms with Crippen LogP contribution in [0.25, 0.3) is 0 Å². The van der Waals surface area contributed by atoms with Crippen molar-refractivity contribution in [1.29, 1.82) is 0 Å². The van der Waals surface area contributed by atoms with E-state index in [0.717, 1.165) is 24.2 Å². The fourth-order valence-electron chi connectivity index (χ4n) is 3.79. The molecule has 1 fully saturated rings. The molecular formula is C22H22N2O5S. The van der Waals surface area contributed by atoms with E-state index in [-0.39, 0.29) is 23.4 Å². The number of ether oxygens (including phenoxy) is 2. The number of hydrogen-bond acceptors (Lipinski definition) is 5. The fourth-order valence-corrected chi connectivity index (χ4v) is 4.72. The normalized spacial score (nSPS) is 18.1. The maximum atomic E-state index is 13.1. The quantitative estimate of drug-likeness (QED) is 0.742. The number of amides is 1. The number of nitrogens with one attached hydrogen (secondary N) is 1. The van der Waals surface area contributed by atoms with E-state index in [1.54, 1.807) is 0 Å². The van der Waals surface area contributed by atoms with Crippen LogP contribution in [0.4, 0.5) is 0 Å². The van der Waals surface area contributed by atoms with E-state index in [4.69, 9.17) is 15.9 Å². The summed E-state index contributed by atoms with van der Waals surface area (Å²) < 4.78 is 37.9. The Morgan fingerprint density at radius 1 is 1.13 bits per heavy atom. The third kappa shape index (κ3) is 3.99. The molecule has 156 valence electrons. The summed E-state index contributed by atoms with van der Waals surface area (Å²) in [5.41, 5.74) is 1.44. The van der Waals surface area contributed by atoms with E-state index in [1.807, 2.05) is 23.1 Å². The molecule has 1 N–H and O–H groups in total. The van der Waals surface area contributed by atoms with E-state index in [0.29, 0.717) is 31.1 Å². The average molecular weight is 426 g/mol. The molecule has 2 aliphatic heterocycles. The van der Waals surface area contributed by atoms with Gasteiger partial charge in [0.05, 0.1) is 17.5 Å². The van der Waals surface area contributed by atoms with Crippen LogP contribution < -0.4 is 14.2 Å². The summed E-state index contributed by atoms with van der Waals surface area (Å²) >= 11 is 0. The fraction of sp³-hybridized carbons (Fsp3) is 0.318. The van der Waals surface area contributed by atoms with Gasteiger partial charge in [0.1, 0.15) is 13.2 Å². The smallest absolute Gasteiger partial charge is 0.254 e. The molecule has 4 rings (SSSR count). The first-order chi connectivity index (χ1) is 14.5. The molecule has 0 unspecified atom stereocenters. The molecule has 1 atom stereocenters. The molecule has 1 saturated heterocycles. The summed E-state index contributed by atoms with van der Waals surface area (Å²) in [7, 11) is -3.69. The Labute approximate surface area is 176 Å². The van der Waals surface area contributed by atoms with Crippen molar-refractivity contribution in [1.82, 2.24) is 9.62 Å². The number of sulfonamides is 1. The van der Waals surface area contributed by atoms with Gasteiger partial charge in [-0.1, -0.05) is 12.0 Å². The molecule has 1 amide bonds. The number of benzene rings is 2. The maximum absolute atomic E-state index is 13.1. The Morgan fingerprint density at radius 2 is 1.87 bits per heavy atom. The Kier molecular flexibility index (Phi) is 5.66. The van der Waals surface area contributed by atoms with Crippen molar-refractivity contribution >= 4 is 15.9 Å². The Balaban J connectivity index is 1.53. The minimum Gasteiger partial charge on any atom is -0.486 e. The van der Waals surface area contributed by atoms with Crippen molar-refractivity contribution in [3.05, 3.63) is 53.6 Å². The Morgan fingerprint density at radius 3 is 2.60 bits per heavy atom. The molecule has 30 heavy (non-hydrogen) atoms. The zero-order valence-corrected chi connectivity index (χ0v) is 17.2. The summed E-state index contributed by atoms with van der Waals surface area (Å²) in [5, 5.41) is 0. The monoisotopic (exact) mass is 426 g/mol. The third-order valence-electron chi connectivity index (χ3n) is 5.24. The Bertz CT molecular complexity index is 1090. The van der Waals surface area contributed by atoms with Crippen LogP contribution in [0, 0.1) is 12.3 Å². The number of carbonyl (C=O) groups is 1. The van der Waals surface area contributed by atoms with E-state index in [2.05, 4.69) is 10.6 Å². The van der Waals surface area contributed by atoms with Crippen LogP contribution in [0.2, 0.25) is 0 Å². The van der Waals surface area contributed by atoms with Crippen molar-refractivity contribution in [3.63, 3.8) is 0 Å². The van der Waals surface area contributed by atoms with E-state index in [9.17, 15) is 13.2 Å². The average Bonchev–Trinajstić information content (AvgIpc) is 3.27. The van der Waals surface area contributed by atoms with Gasteiger partial charge in [0.25, 0.3) is 5.91 Å². The highest BCUT2D eigenvalue weighted by molar-refractivity contribution is 7.89. The number of rotatable bonds is 5. The molecule has 2 heterocycles. The minimum absolute atomic E-state index is 0.0611. The molecule has 2 aromatic rings. The van der Waals surface area contributed by atoms with Gasteiger partial charge in [-0.3, -0.25) is 4.79 Å². The van der Waals surface area contributed by atoms with Crippen molar-refractivity contribution in [2.45, 2.75) is 23.8 Å². The lowest BCUT2D eigenvalue weighted by Crippen LogP contribution is -2.30. The lowest BCUT2D eigenvalue weighted by Gasteiger charge is -2.27. The highest BCUT2D eigenvalue weighted by Crippen LogP contribution is 2.38. The standard InChI is InChI=1S/C22H22N2O5S/c1-2-11-23-30(26,27)18-8-5-16(6-9-18)22(25)24-12-3-4-19(24)17-7-10-20-21(15-17)29-14-13-28-20/h1,5-10,15,19,23H,3-4,11-14H2/t19-/m0/s1. The maximum Gasteiger partial charge on any atom is 0.254 e. The molecule has 0 radical (unpaired) electrons. The van der Waals surface area contributed by atoms with Gasteiger partial charge in [-0.2, -0.15) is 4.72 Å². The number of likely N-dealkylation sites (tertiary alicyclic amines) is 1. The summed E-state index contributed by atoms with van der Waals surface area (Å²) in [6.45, 7) is 1.59. The summed E-state index contributed by atoms with van der Waals surface area (Å²) in [6, 6.07) is 11.6. The van der Waals surface area contributed by atoms with Gasteiger partial charge in [-0.05, 0) is 54.8 Å². The predicted molar refractivity (Wildman–Crippen MR) is 111 cm³/mol. The molecule has 0 bridgehead atoms. The van der Waals surface area contributed by atoms with Crippen LogP contribution in [0.3, 0.4) is 0 Å². The molecule has 0 spiro atoms. The number of fused-ring (bicyclic) bond motifs is 1. The van der Waals surface area contributed by atoms with Gasteiger partial charge in [-0.15, -0.1) is 6.42 Å². The van der Waals surface area contributed by atoms with Gasteiger partial charge in [0.2, 0.25) is 10.0 Å². The highest BCUT2D eigenvalue weighted by Gasteiger charge is 2.31. The van der Waals surface area contributed by atoms with E-state index in [1.165, 1.54) is 24.3 Å². The minimum atomic E-state index is -3.69. The van der Waals surface area contributed by atoms with E-state index >= 15 is 0 Å². The van der Waals surface area contributed by atoms with Crippen molar-refractivity contribution in [2.24, 2.45) is 0 Å². The molecule has 0 aliphatic carbocycles. The van der Waals surface area contributed by atoms with Crippen LogP contribution in [0.1, 0.15) is 34.8 Å². The van der Waals surface area contributed by atoms with Crippen LogP contribution in [-0.2, 0) is 10.0 Å². The number of nitrogens with zero attached hydrogens (tertiary/aromatic N) is 1.